The molecular formula is C12H12BrN3O. The first-order valence-corrected chi connectivity index (χ1v) is 5.77. The molecule has 0 unspecified atom stereocenters. The molecule has 0 saturated heterocycles. The molecule has 1 amide bonds. The number of benzene rings is 1. The molecule has 0 fully saturated rings. The summed E-state index contributed by atoms with van der Waals surface area (Å²) in [6.07, 6.45) is 1.67. The standard InChI is InChI=1S/C12H12BrN3O/c1-2-5-15-8-12(17)16-11-4-3-10(13)6-9(11)7-14/h2-4,6,15H,1,5,8H2,(H,16,17). The first kappa shape index (κ1) is 13.4. The van der Waals surface area contributed by atoms with Gasteiger partial charge in [-0.15, -0.1) is 6.58 Å². The molecule has 1 rings (SSSR count). The fourth-order valence-electron chi connectivity index (χ4n) is 1.20. The van der Waals surface area contributed by atoms with E-state index in [1.54, 1.807) is 24.3 Å². The maximum absolute atomic E-state index is 11.5. The Balaban J connectivity index is 2.65. The third kappa shape index (κ3) is 4.39. The molecule has 88 valence electrons. The smallest absolute Gasteiger partial charge is 0.238 e. The molecule has 1 aromatic carbocycles. The molecule has 0 aromatic heterocycles. The van der Waals surface area contributed by atoms with Crippen LogP contribution in [-0.2, 0) is 4.79 Å². The van der Waals surface area contributed by atoms with E-state index in [0.29, 0.717) is 17.8 Å². The van der Waals surface area contributed by atoms with Gasteiger partial charge in [0.05, 0.1) is 17.8 Å². The molecule has 0 aliphatic rings. The molecule has 5 heteroatoms. The minimum Gasteiger partial charge on any atom is -0.324 e. The number of amides is 1. The first-order valence-electron chi connectivity index (χ1n) is 4.98. The zero-order chi connectivity index (χ0) is 12.7. The zero-order valence-corrected chi connectivity index (χ0v) is 10.8. The van der Waals surface area contributed by atoms with Gasteiger partial charge in [-0.2, -0.15) is 5.26 Å². The fraction of sp³-hybridized carbons (Fsp3) is 0.167. The lowest BCUT2D eigenvalue weighted by atomic mass is 10.2. The van der Waals surface area contributed by atoms with Crippen LogP contribution in [0.5, 0.6) is 0 Å². The minimum atomic E-state index is -0.189. The topological polar surface area (TPSA) is 64.9 Å². The van der Waals surface area contributed by atoms with Crippen LogP contribution in [-0.4, -0.2) is 19.0 Å². The van der Waals surface area contributed by atoms with Crippen LogP contribution in [0.1, 0.15) is 5.56 Å². The van der Waals surface area contributed by atoms with E-state index < -0.39 is 0 Å². The monoisotopic (exact) mass is 293 g/mol. The molecule has 0 atom stereocenters. The summed E-state index contributed by atoms with van der Waals surface area (Å²) in [7, 11) is 0. The van der Waals surface area contributed by atoms with Crippen LogP contribution in [0.3, 0.4) is 0 Å². The largest absolute Gasteiger partial charge is 0.324 e. The summed E-state index contributed by atoms with van der Waals surface area (Å²) in [4.78, 5) is 11.5. The van der Waals surface area contributed by atoms with Gasteiger partial charge in [0.2, 0.25) is 5.91 Å². The molecule has 1 aromatic rings. The van der Waals surface area contributed by atoms with Crippen molar-refractivity contribution in [3.63, 3.8) is 0 Å². The number of halogens is 1. The number of hydrogen-bond donors (Lipinski definition) is 2. The van der Waals surface area contributed by atoms with Crippen molar-refractivity contribution in [3.05, 3.63) is 40.9 Å². The average Bonchev–Trinajstić information content (AvgIpc) is 2.32. The Hall–Kier alpha value is -1.64. The van der Waals surface area contributed by atoms with Gasteiger partial charge in [-0.05, 0) is 18.2 Å². The molecule has 0 heterocycles. The molecule has 0 aliphatic heterocycles. The Morgan fingerprint density at radius 3 is 3.00 bits per heavy atom. The summed E-state index contributed by atoms with van der Waals surface area (Å²) < 4.78 is 0.803. The highest BCUT2D eigenvalue weighted by atomic mass is 79.9. The van der Waals surface area contributed by atoms with Crippen LogP contribution in [0.4, 0.5) is 5.69 Å². The lowest BCUT2D eigenvalue weighted by Crippen LogP contribution is -2.28. The summed E-state index contributed by atoms with van der Waals surface area (Å²) in [5.74, 6) is -0.189. The lowest BCUT2D eigenvalue weighted by Gasteiger charge is -2.07. The van der Waals surface area contributed by atoms with Crippen LogP contribution in [0.25, 0.3) is 0 Å². The van der Waals surface area contributed by atoms with E-state index in [9.17, 15) is 4.79 Å². The van der Waals surface area contributed by atoms with Crippen molar-refractivity contribution < 1.29 is 4.79 Å². The van der Waals surface area contributed by atoms with Crippen LogP contribution < -0.4 is 10.6 Å². The van der Waals surface area contributed by atoms with Gasteiger partial charge in [0.25, 0.3) is 0 Å². The maximum Gasteiger partial charge on any atom is 0.238 e. The van der Waals surface area contributed by atoms with Gasteiger partial charge in [-0.3, -0.25) is 4.79 Å². The van der Waals surface area contributed by atoms with E-state index in [0.717, 1.165) is 4.47 Å². The fourth-order valence-corrected chi connectivity index (χ4v) is 1.56. The number of rotatable bonds is 5. The Morgan fingerprint density at radius 1 is 1.59 bits per heavy atom. The molecule has 4 nitrogen and oxygen atoms in total. The summed E-state index contributed by atoms with van der Waals surface area (Å²) in [5.41, 5.74) is 0.942. The molecule has 2 N–H and O–H groups in total. The zero-order valence-electron chi connectivity index (χ0n) is 9.16. The Kier molecular flexibility index (Phi) is 5.40. The number of nitrogens with one attached hydrogen (secondary N) is 2. The van der Waals surface area contributed by atoms with Crippen molar-refractivity contribution in [2.75, 3.05) is 18.4 Å². The van der Waals surface area contributed by atoms with E-state index in [-0.39, 0.29) is 12.5 Å². The Labute approximate surface area is 108 Å². The third-order valence-corrected chi connectivity index (χ3v) is 2.44. The van der Waals surface area contributed by atoms with Crippen molar-refractivity contribution in [1.29, 1.82) is 5.26 Å². The second-order valence-electron chi connectivity index (χ2n) is 3.27. The molecule has 0 aliphatic carbocycles. The Morgan fingerprint density at radius 2 is 2.35 bits per heavy atom. The number of hydrogen-bond acceptors (Lipinski definition) is 3. The maximum atomic E-state index is 11.5. The highest BCUT2D eigenvalue weighted by Crippen LogP contribution is 2.19. The third-order valence-electron chi connectivity index (χ3n) is 1.95. The molecule has 0 saturated carbocycles. The van der Waals surface area contributed by atoms with E-state index in [2.05, 4.69) is 33.1 Å². The highest BCUT2D eigenvalue weighted by Gasteiger charge is 2.06. The number of nitriles is 1. The van der Waals surface area contributed by atoms with Crippen LogP contribution in [0.2, 0.25) is 0 Å². The van der Waals surface area contributed by atoms with Gasteiger partial charge in [0, 0.05) is 11.0 Å². The molecular weight excluding hydrogens is 282 g/mol. The van der Waals surface area contributed by atoms with E-state index in [4.69, 9.17) is 5.26 Å². The summed E-state index contributed by atoms with van der Waals surface area (Å²) in [5, 5.41) is 14.5. The van der Waals surface area contributed by atoms with Gasteiger partial charge in [0.1, 0.15) is 6.07 Å². The first-order chi connectivity index (χ1) is 8.17. The summed E-state index contributed by atoms with van der Waals surface area (Å²) in [6.45, 7) is 4.29. The van der Waals surface area contributed by atoms with E-state index in [1.807, 2.05) is 6.07 Å². The molecule has 0 radical (unpaired) electrons. The van der Waals surface area contributed by atoms with Crippen molar-refractivity contribution in [2.45, 2.75) is 0 Å². The molecule has 0 spiro atoms. The van der Waals surface area contributed by atoms with Gasteiger partial charge < -0.3 is 10.6 Å². The minimum absolute atomic E-state index is 0.187. The number of carbonyl (C=O) groups excluding carboxylic acids is 1. The van der Waals surface area contributed by atoms with Crippen molar-refractivity contribution in [3.8, 4) is 6.07 Å². The van der Waals surface area contributed by atoms with Gasteiger partial charge in [-0.25, -0.2) is 0 Å². The molecule has 0 bridgehead atoms. The number of carbonyl (C=O) groups is 1. The number of nitrogens with zero attached hydrogens (tertiary/aromatic N) is 1. The van der Waals surface area contributed by atoms with Crippen LogP contribution >= 0.6 is 15.9 Å². The quantitative estimate of drug-likeness (QED) is 0.645. The lowest BCUT2D eigenvalue weighted by molar-refractivity contribution is -0.115. The molecule has 17 heavy (non-hydrogen) atoms. The van der Waals surface area contributed by atoms with Gasteiger partial charge in [0.15, 0.2) is 0 Å². The predicted octanol–water partition coefficient (Wildman–Crippen LogP) is 2.03. The predicted molar refractivity (Wildman–Crippen MR) is 70.6 cm³/mol. The SMILES string of the molecule is C=CCNCC(=O)Nc1ccc(Br)cc1C#N. The van der Waals surface area contributed by atoms with E-state index >= 15 is 0 Å². The normalized spacial score (nSPS) is 9.41. The Bertz CT molecular complexity index is 465. The van der Waals surface area contributed by atoms with Gasteiger partial charge in [-0.1, -0.05) is 22.0 Å². The van der Waals surface area contributed by atoms with Crippen LogP contribution in [0.15, 0.2) is 35.3 Å². The second kappa shape index (κ2) is 6.84. The summed E-state index contributed by atoms with van der Waals surface area (Å²) in [6, 6.07) is 7.15. The highest BCUT2D eigenvalue weighted by molar-refractivity contribution is 9.10. The second-order valence-corrected chi connectivity index (χ2v) is 4.19. The van der Waals surface area contributed by atoms with Crippen molar-refractivity contribution in [1.82, 2.24) is 5.32 Å². The van der Waals surface area contributed by atoms with E-state index in [1.165, 1.54) is 0 Å². The van der Waals surface area contributed by atoms with Crippen LogP contribution in [0, 0.1) is 11.3 Å². The average molecular weight is 294 g/mol. The van der Waals surface area contributed by atoms with Crippen molar-refractivity contribution in [2.24, 2.45) is 0 Å². The number of anilines is 1. The van der Waals surface area contributed by atoms with Gasteiger partial charge >= 0.3 is 0 Å². The summed E-state index contributed by atoms with van der Waals surface area (Å²) >= 11 is 3.27. The van der Waals surface area contributed by atoms with Crippen molar-refractivity contribution >= 4 is 27.5 Å².